The molecule has 1 aliphatic rings. The molecule has 2 unspecified atom stereocenters. The molecule has 3 heteroatoms. The van der Waals surface area contributed by atoms with E-state index in [0.29, 0.717) is 12.1 Å². The van der Waals surface area contributed by atoms with Gasteiger partial charge in [-0.1, -0.05) is 25.5 Å². The minimum atomic E-state index is 0.403. The number of nitrogens with zero attached hydrogens (tertiary/aromatic N) is 1. The summed E-state index contributed by atoms with van der Waals surface area (Å²) < 4.78 is 5.90. The number of nitrogens with one attached hydrogen (secondary N) is 1. The fraction of sp³-hybridized carbons (Fsp3) is 0.667. The number of ether oxygens (including phenoxy) is 1. The van der Waals surface area contributed by atoms with Crippen LogP contribution in [0, 0.1) is 0 Å². The SMILES string of the molecule is CCNC(C)c1ccc(OCCC2CCCCN2C)cc1. The lowest BCUT2D eigenvalue weighted by Gasteiger charge is -2.32. The standard InChI is InChI=1S/C18H30N2O/c1-4-19-15(2)16-8-10-18(11-9-16)21-14-12-17-7-5-6-13-20(17)3/h8-11,15,17,19H,4-7,12-14H2,1-3H3. The Labute approximate surface area is 129 Å². The van der Waals surface area contributed by atoms with Crippen molar-refractivity contribution in [3.8, 4) is 5.75 Å². The van der Waals surface area contributed by atoms with Gasteiger partial charge in [-0.2, -0.15) is 0 Å². The predicted molar refractivity (Wildman–Crippen MR) is 88.9 cm³/mol. The van der Waals surface area contributed by atoms with Crippen LogP contribution in [0.3, 0.4) is 0 Å². The minimum Gasteiger partial charge on any atom is -0.494 e. The van der Waals surface area contributed by atoms with Crippen LogP contribution in [0.15, 0.2) is 24.3 Å². The second-order valence-corrected chi connectivity index (χ2v) is 6.12. The van der Waals surface area contributed by atoms with Crippen molar-refractivity contribution in [1.82, 2.24) is 10.2 Å². The highest BCUT2D eigenvalue weighted by Crippen LogP contribution is 2.20. The third kappa shape index (κ3) is 5.01. The summed E-state index contributed by atoms with van der Waals surface area (Å²) in [4.78, 5) is 2.48. The maximum absolute atomic E-state index is 5.90. The zero-order chi connectivity index (χ0) is 15.1. The number of rotatable bonds is 7. The molecular formula is C18H30N2O. The second kappa shape index (κ2) is 8.40. The molecule has 118 valence electrons. The molecule has 0 spiro atoms. The quantitative estimate of drug-likeness (QED) is 0.830. The van der Waals surface area contributed by atoms with E-state index in [2.05, 4.69) is 55.4 Å². The van der Waals surface area contributed by atoms with Crippen molar-refractivity contribution >= 4 is 0 Å². The summed E-state index contributed by atoms with van der Waals surface area (Å²) in [6, 6.07) is 9.61. The lowest BCUT2D eigenvalue weighted by molar-refractivity contribution is 0.153. The Hall–Kier alpha value is -1.06. The van der Waals surface area contributed by atoms with Crippen molar-refractivity contribution in [1.29, 1.82) is 0 Å². The molecule has 0 radical (unpaired) electrons. The molecule has 0 bridgehead atoms. The van der Waals surface area contributed by atoms with Crippen LogP contribution >= 0.6 is 0 Å². The van der Waals surface area contributed by atoms with E-state index in [4.69, 9.17) is 4.74 Å². The Kier molecular flexibility index (Phi) is 6.52. The minimum absolute atomic E-state index is 0.403. The van der Waals surface area contributed by atoms with E-state index >= 15 is 0 Å². The predicted octanol–water partition coefficient (Wildman–Crippen LogP) is 3.61. The largest absolute Gasteiger partial charge is 0.494 e. The molecule has 1 heterocycles. The topological polar surface area (TPSA) is 24.5 Å². The van der Waals surface area contributed by atoms with Gasteiger partial charge in [-0.15, -0.1) is 0 Å². The third-order valence-electron chi connectivity index (χ3n) is 4.53. The molecule has 2 atom stereocenters. The average molecular weight is 290 g/mol. The van der Waals surface area contributed by atoms with E-state index in [0.717, 1.165) is 25.3 Å². The zero-order valence-electron chi connectivity index (χ0n) is 13.8. The number of hydrogen-bond donors (Lipinski definition) is 1. The summed E-state index contributed by atoms with van der Waals surface area (Å²) in [5, 5.41) is 3.43. The molecule has 1 aliphatic heterocycles. The van der Waals surface area contributed by atoms with Crippen molar-refractivity contribution < 1.29 is 4.74 Å². The van der Waals surface area contributed by atoms with Crippen LogP contribution in [0.2, 0.25) is 0 Å². The summed E-state index contributed by atoms with van der Waals surface area (Å²) in [6.07, 6.45) is 5.16. The molecule has 3 nitrogen and oxygen atoms in total. The van der Waals surface area contributed by atoms with Crippen LogP contribution in [0.1, 0.15) is 51.1 Å². The number of hydrogen-bond acceptors (Lipinski definition) is 3. The van der Waals surface area contributed by atoms with Crippen LogP contribution in [0.4, 0.5) is 0 Å². The van der Waals surface area contributed by atoms with Crippen LogP contribution in [0.25, 0.3) is 0 Å². The lowest BCUT2D eigenvalue weighted by atomic mass is 10.0. The highest BCUT2D eigenvalue weighted by molar-refractivity contribution is 5.28. The molecule has 1 aromatic rings. The van der Waals surface area contributed by atoms with E-state index in [1.54, 1.807) is 0 Å². The molecule has 0 aliphatic carbocycles. The van der Waals surface area contributed by atoms with Crippen molar-refractivity contribution in [2.45, 2.75) is 51.6 Å². The first-order valence-corrected chi connectivity index (χ1v) is 8.37. The maximum Gasteiger partial charge on any atom is 0.119 e. The van der Waals surface area contributed by atoms with E-state index in [-0.39, 0.29) is 0 Å². The Morgan fingerprint density at radius 3 is 2.71 bits per heavy atom. The van der Waals surface area contributed by atoms with Crippen LogP contribution in [-0.4, -0.2) is 37.7 Å². The van der Waals surface area contributed by atoms with Crippen molar-refractivity contribution in [2.24, 2.45) is 0 Å². The zero-order valence-corrected chi connectivity index (χ0v) is 13.8. The maximum atomic E-state index is 5.90. The fourth-order valence-electron chi connectivity index (χ4n) is 3.10. The van der Waals surface area contributed by atoms with Crippen LogP contribution < -0.4 is 10.1 Å². The van der Waals surface area contributed by atoms with Gasteiger partial charge in [0.1, 0.15) is 5.75 Å². The van der Waals surface area contributed by atoms with E-state index in [9.17, 15) is 0 Å². The monoisotopic (exact) mass is 290 g/mol. The van der Waals surface area contributed by atoms with Crippen molar-refractivity contribution in [2.75, 3.05) is 26.7 Å². The normalized spacial score (nSPS) is 21.2. The molecule has 1 aromatic carbocycles. The van der Waals surface area contributed by atoms with Gasteiger partial charge >= 0.3 is 0 Å². The van der Waals surface area contributed by atoms with Crippen LogP contribution in [-0.2, 0) is 0 Å². The summed E-state index contributed by atoms with van der Waals surface area (Å²) in [5.41, 5.74) is 1.32. The Bertz CT molecular complexity index is 404. The van der Waals surface area contributed by atoms with E-state index in [1.165, 1.54) is 31.4 Å². The Morgan fingerprint density at radius 2 is 2.05 bits per heavy atom. The smallest absolute Gasteiger partial charge is 0.119 e. The molecule has 0 saturated carbocycles. The van der Waals surface area contributed by atoms with Gasteiger partial charge in [0.25, 0.3) is 0 Å². The Morgan fingerprint density at radius 1 is 1.29 bits per heavy atom. The first kappa shape index (κ1) is 16.3. The molecular weight excluding hydrogens is 260 g/mol. The van der Waals surface area contributed by atoms with Gasteiger partial charge in [-0.25, -0.2) is 0 Å². The van der Waals surface area contributed by atoms with Gasteiger partial charge in [0.2, 0.25) is 0 Å². The Balaban J connectivity index is 1.75. The summed E-state index contributed by atoms with van der Waals surface area (Å²) >= 11 is 0. The highest BCUT2D eigenvalue weighted by atomic mass is 16.5. The molecule has 0 aromatic heterocycles. The fourth-order valence-corrected chi connectivity index (χ4v) is 3.10. The number of piperidine rings is 1. The van der Waals surface area contributed by atoms with Crippen LogP contribution in [0.5, 0.6) is 5.75 Å². The third-order valence-corrected chi connectivity index (χ3v) is 4.53. The average Bonchev–Trinajstić information content (AvgIpc) is 2.50. The molecule has 1 saturated heterocycles. The van der Waals surface area contributed by atoms with Gasteiger partial charge in [-0.05, 0) is 64.0 Å². The lowest BCUT2D eigenvalue weighted by Crippen LogP contribution is -2.37. The molecule has 1 N–H and O–H groups in total. The summed E-state index contributed by atoms with van der Waals surface area (Å²) in [5.74, 6) is 0.987. The number of likely N-dealkylation sites (tertiary alicyclic amines) is 1. The summed E-state index contributed by atoms with van der Waals surface area (Å²) in [6.45, 7) is 7.38. The van der Waals surface area contributed by atoms with Crippen molar-refractivity contribution in [3.63, 3.8) is 0 Å². The second-order valence-electron chi connectivity index (χ2n) is 6.12. The van der Waals surface area contributed by atoms with E-state index in [1.807, 2.05) is 0 Å². The van der Waals surface area contributed by atoms with E-state index < -0.39 is 0 Å². The van der Waals surface area contributed by atoms with Gasteiger partial charge in [0, 0.05) is 12.1 Å². The van der Waals surface area contributed by atoms with Gasteiger partial charge in [-0.3, -0.25) is 0 Å². The number of benzene rings is 1. The van der Waals surface area contributed by atoms with Gasteiger partial charge in [0.15, 0.2) is 0 Å². The first-order valence-electron chi connectivity index (χ1n) is 8.37. The molecule has 2 rings (SSSR count). The molecule has 21 heavy (non-hydrogen) atoms. The van der Waals surface area contributed by atoms with Gasteiger partial charge < -0.3 is 15.0 Å². The van der Waals surface area contributed by atoms with Gasteiger partial charge in [0.05, 0.1) is 6.61 Å². The molecule has 0 amide bonds. The molecule has 1 fully saturated rings. The first-order chi connectivity index (χ1) is 10.2. The van der Waals surface area contributed by atoms with Crippen molar-refractivity contribution in [3.05, 3.63) is 29.8 Å². The summed E-state index contributed by atoms with van der Waals surface area (Å²) in [7, 11) is 2.24. The highest BCUT2D eigenvalue weighted by Gasteiger charge is 2.18.